The first-order chi connectivity index (χ1) is 8.84. The fraction of sp³-hybridized carbons (Fsp3) is 0.308. The van der Waals surface area contributed by atoms with E-state index in [1.807, 2.05) is 18.2 Å². The van der Waals surface area contributed by atoms with E-state index in [1.165, 1.54) is 0 Å². The maximum absolute atomic E-state index is 5.78. The number of rotatable bonds is 1. The molecule has 0 aromatic carbocycles. The Morgan fingerprint density at radius 2 is 2.11 bits per heavy atom. The van der Waals surface area contributed by atoms with Crippen LogP contribution in [0.2, 0.25) is 0 Å². The molecule has 0 saturated heterocycles. The van der Waals surface area contributed by atoms with Crippen LogP contribution >= 0.6 is 0 Å². The number of aromatic nitrogens is 3. The molecule has 3 heterocycles. The average Bonchev–Trinajstić information content (AvgIpc) is 2.64. The Bertz CT molecular complexity index is 553. The van der Waals surface area contributed by atoms with Crippen molar-refractivity contribution in [2.24, 2.45) is 0 Å². The van der Waals surface area contributed by atoms with Crippen molar-refractivity contribution in [2.45, 2.75) is 19.3 Å². The van der Waals surface area contributed by atoms with E-state index in [4.69, 9.17) is 5.73 Å². The highest BCUT2D eigenvalue weighted by Crippen LogP contribution is 2.28. The zero-order valence-electron chi connectivity index (χ0n) is 10.1. The maximum atomic E-state index is 5.78. The SMILES string of the molecule is Nc1nc2c(c(-c3ccccn3)n1)CCCCN2. The smallest absolute Gasteiger partial charge is 0.222 e. The monoisotopic (exact) mass is 241 g/mol. The van der Waals surface area contributed by atoms with Gasteiger partial charge >= 0.3 is 0 Å². The fourth-order valence-electron chi connectivity index (χ4n) is 2.23. The van der Waals surface area contributed by atoms with Gasteiger partial charge < -0.3 is 11.1 Å². The fourth-order valence-corrected chi connectivity index (χ4v) is 2.23. The highest BCUT2D eigenvalue weighted by Gasteiger charge is 2.17. The quantitative estimate of drug-likeness (QED) is 0.797. The van der Waals surface area contributed by atoms with Crippen LogP contribution in [0.25, 0.3) is 11.4 Å². The predicted molar refractivity (Wildman–Crippen MR) is 71.1 cm³/mol. The van der Waals surface area contributed by atoms with Gasteiger partial charge in [0.2, 0.25) is 5.95 Å². The normalized spacial score (nSPS) is 14.4. The van der Waals surface area contributed by atoms with E-state index in [9.17, 15) is 0 Å². The first-order valence-corrected chi connectivity index (χ1v) is 6.16. The zero-order chi connectivity index (χ0) is 12.4. The van der Waals surface area contributed by atoms with Crippen LogP contribution in [0.5, 0.6) is 0 Å². The van der Waals surface area contributed by atoms with Gasteiger partial charge in [0.05, 0.1) is 11.4 Å². The third-order valence-corrected chi connectivity index (χ3v) is 3.08. The van der Waals surface area contributed by atoms with Crippen LogP contribution in [-0.4, -0.2) is 21.5 Å². The molecule has 0 radical (unpaired) electrons. The molecule has 5 heteroatoms. The van der Waals surface area contributed by atoms with Crippen LogP contribution in [0.4, 0.5) is 11.8 Å². The minimum absolute atomic E-state index is 0.295. The topological polar surface area (TPSA) is 76.7 Å². The molecule has 2 aromatic heterocycles. The molecule has 0 amide bonds. The van der Waals surface area contributed by atoms with E-state index in [1.54, 1.807) is 6.20 Å². The van der Waals surface area contributed by atoms with E-state index in [2.05, 4.69) is 20.3 Å². The molecule has 0 fully saturated rings. The highest BCUT2D eigenvalue weighted by atomic mass is 15.1. The van der Waals surface area contributed by atoms with Gasteiger partial charge in [0.25, 0.3) is 0 Å². The number of anilines is 2. The van der Waals surface area contributed by atoms with E-state index in [-0.39, 0.29) is 0 Å². The summed E-state index contributed by atoms with van der Waals surface area (Å²) in [6.45, 7) is 0.936. The molecule has 0 saturated carbocycles. The Morgan fingerprint density at radius 1 is 1.17 bits per heavy atom. The van der Waals surface area contributed by atoms with Crippen molar-refractivity contribution in [3.05, 3.63) is 30.0 Å². The molecular formula is C13H15N5. The molecule has 1 aliphatic heterocycles. The molecule has 0 unspecified atom stereocenters. The van der Waals surface area contributed by atoms with Gasteiger partial charge in [-0.2, -0.15) is 4.98 Å². The van der Waals surface area contributed by atoms with Crippen LogP contribution in [-0.2, 0) is 6.42 Å². The summed E-state index contributed by atoms with van der Waals surface area (Å²) in [7, 11) is 0. The third kappa shape index (κ3) is 1.99. The van der Waals surface area contributed by atoms with Gasteiger partial charge in [0.15, 0.2) is 0 Å². The summed E-state index contributed by atoms with van der Waals surface area (Å²) < 4.78 is 0. The molecule has 1 aliphatic rings. The number of hydrogen-bond donors (Lipinski definition) is 2. The average molecular weight is 241 g/mol. The van der Waals surface area contributed by atoms with Gasteiger partial charge in [-0.05, 0) is 31.4 Å². The van der Waals surface area contributed by atoms with Gasteiger partial charge in [-0.1, -0.05) is 6.07 Å². The lowest BCUT2D eigenvalue weighted by molar-refractivity contribution is 0.785. The zero-order valence-corrected chi connectivity index (χ0v) is 10.1. The Kier molecular flexibility index (Phi) is 2.80. The predicted octanol–water partition coefficient (Wildman–Crippen LogP) is 1.87. The maximum Gasteiger partial charge on any atom is 0.222 e. The van der Waals surface area contributed by atoms with Crippen molar-refractivity contribution in [2.75, 3.05) is 17.6 Å². The Morgan fingerprint density at radius 3 is 2.94 bits per heavy atom. The summed E-state index contributed by atoms with van der Waals surface area (Å²) in [5.41, 5.74) is 8.61. The molecule has 3 rings (SSSR count). The summed E-state index contributed by atoms with van der Waals surface area (Å²) in [5.74, 6) is 1.16. The van der Waals surface area contributed by atoms with Crippen molar-refractivity contribution in [3.63, 3.8) is 0 Å². The summed E-state index contributed by atoms with van der Waals surface area (Å²) >= 11 is 0. The number of pyridine rings is 1. The van der Waals surface area contributed by atoms with Crippen molar-refractivity contribution in [3.8, 4) is 11.4 Å². The standard InChI is InChI=1S/C13H15N5/c14-13-17-11(10-6-2-4-7-15-10)9-5-1-3-8-16-12(9)18-13/h2,4,6-7H,1,3,5,8H2,(H3,14,16,17,18). The number of nitrogens with one attached hydrogen (secondary N) is 1. The lowest BCUT2D eigenvalue weighted by Gasteiger charge is -2.11. The summed E-state index contributed by atoms with van der Waals surface area (Å²) in [6, 6.07) is 5.80. The van der Waals surface area contributed by atoms with E-state index >= 15 is 0 Å². The number of nitrogens with two attached hydrogens (primary N) is 1. The number of hydrogen-bond acceptors (Lipinski definition) is 5. The summed E-state index contributed by atoms with van der Waals surface area (Å²) in [4.78, 5) is 13.0. The summed E-state index contributed by atoms with van der Waals surface area (Å²) in [5, 5.41) is 3.32. The second-order valence-electron chi connectivity index (χ2n) is 4.36. The van der Waals surface area contributed by atoms with Crippen LogP contribution in [0.15, 0.2) is 24.4 Å². The molecule has 0 bridgehead atoms. The molecule has 5 nitrogen and oxygen atoms in total. The van der Waals surface area contributed by atoms with E-state index < -0.39 is 0 Å². The van der Waals surface area contributed by atoms with Crippen molar-refractivity contribution in [1.29, 1.82) is 0 Å². The second kappa shape index (κ2) is 4.60. The lowest BCUT2D eigenvalue weighted by atomic mass is 10.1. The molecule has 3 N–H and O–H groups in total. The van der Waals surface area contributed by atoms with Crippen LogP contribution in [0.1, 0.15) is 18.4 Å². The summed E-state index contributed by atoms with van der Waals surface area (Å²) in [6.07, 6.45) is 5.00. The molecule has 0 aliphatic carbocycles. The van der Waals surface area contributed by atoms with Gasteiger partial charge in [0.1, 0.15) is 5.82 Å². The Labute approximate surface area is 105 Å². The third-order valence-electron chi connectivity index (χ3n) is 3.08. The first-order valence-electron chi connectivity index (χ1n) is 6.16. The molecule has 2 aromatic rings. The molecule has 0 atom stereocenters. The van der Waals surface area contributed by atoms with Gasteiger partial charge in [0, 0.05) is 18.3 Å². The highest BCUT2D eigenvalue weighted by molar-refractivity contribution is 5.67. The van der Waals surface area contributed by atoms with Crippen LogP contribution < -0.4 is 11.1 Å². The van der Waals surface area contributed by atoms with Gasteiger partial charge in [-0.25, -0.2) is 4.98 Å². The van der Waals surface area contributed by atoms with Crippen LogP contribution in [0, 0.1) is 0 Å². The first kappa shape index (κ1) is 11.0. The van der Waals surface area contributed by atoms with E-state index in [0.29, 0.717) is 5.95 Å². The van der Waals surface area contributed by atoms with Gasteiger partial charge in [-0.15, -0.1) is 0 Å². The van der Waals surface area contributed by atoms with Gasteiger partial charge in [-0.3, -0.25) is 4.98 Å². The molecule has 18 heavy (non-hydrogen) atoms. The minimum atomic E-state index is 0.295. The Hall–Kier alpha value is -2.17. The van der Waals surface area contributed by atoms with E-state index in [0.717, 1.165) is 48.6 Å². The molecule has 92 valence electrons. The number of nitrogens with zero attached hydrogens (tertiary/aromatic N) is 3. The van der Waals surface area contributed by atoms with Crippen LogP contribution in [0.3, 0.4) is 0 Å². The minimum Gasteiger partial charge on any atom is -0.370 e. The molecular weight excluding hydrogens is 226 g/mol. The number of nitrogen functional groups attached to an aromatic ring is 1. The number of fused-ring (bicyclic) bond motifs is 1. The molecule has 0 spiro atoms. The lowest BCUT2D eigenvalue weighted by Crippen LogP contribution is -2.08. The van der Waals surface area contributed by atoms with Crippen molar-refractivity contribution < 1.29 is 0 Å². The largest absolute Gasteiger partial charge is 0.370 e. The second-order valence-corrected chi connectivity index (χ2v) is 4.36. The van der Waals surface area contributed by atoms with Crippen molar-refractivity contribution in [1.82, 2.24) is 15.0 Å². The van der Waals surface area contributed by atoms with Crippen molar-refractivity contribution >= 4 is 11.8 Å². The Balaban J connectivity index is 2.17.